The molecule has 1 aliphatic heterocycles. The Hall–Kier alpha value is -1.15. The summed E-state index contributed by atoms with van der Waals surface area (Å²) in [5.41, 5.74) is 2.57. The lowest BCUT2D eigenvalue weighted by Crippen LogP contribution is -2.38. The maximum atomic E-state index is 11.6. The van der Waals surface area contributed by atoms with Crippen LogP contribution in [0.25, 0.3) is 0 Å². The second kappa shape index (κ2) is 6.33. The minimum atomic E-state index is 0.264. The maximum Gasteiger partial charge on any atom is 0.131 e. The van der Waals surface area contributed by atoms with Gasteiger partial charge in [0.25, 0.3) is 0 Å². The Balaban J connectivity index is 2.22. The van der Waals surface area contributed by atoms with Gasteiger partial charge >= 0.3 is 0 Å². The van der Waals surface area contributed by atoms with E-state index < -0.39 is 0 Å². The van der Waals surface area contributed by atoms with E-state index in [0.717, 1.165) is 19.0 Å². The molecule has 0 amide bonds. The van der Waals surface area contributed by atoms with Crippen LogP contribution in [-0.4, -0.2) is 23.8 Å². The molecule has 1 fully saturated rings. The van der Waals surface area contributed by atoms with Crippen LogP contribution in [-0.2, 0) is 4.79 Å². The van der Waals surface area contributed by atoms with Crippen LogP contribution in [0.5, 0.6) is 0 Å². The van der Waals surface area contributed by atoms with Crippen molar-refractivity contribution in [1.82, 2.24) is 4.90 Å². The van der Waals surface area contributed by atoms with Gasteiger partial charge in [0.05, 0.1) is 0 Å². The van der Waals surface area contributed by atoms with Crippen LogP contribution in [0.4, 0.5) is 0 Å². The number of benzene rings is 1. The third-order valence-electron chi connectivity index (χ3n) is 4.04. The standard InChI is InChI=1S/C17H25NO/c1-13-6-4-8-16(10-13)17(11-15(3)19)18-9-5-7-14(2)12-18/h4,6,8,10,14,17H,5,7,9,11-12H2,1-3H3. The van der Waals surface area contributed by atoms with Gasteiger partial charge in [0.15, 0.2) is 0 Å². The molecule has 1 aromatic carbocycles. The molecule has 2 atom stereocenters. The van der Waals surface area contributed by atoms with Crippen LogP contribution < -0.4 is 0 Å². The largest absolute Gasteiger partial charge is 0.300 e. The van der Waals surface area contributed by atoms with Crippen molar-refractivity contribution in [2.75, 3.05) is 13.1 Å². The van der Waals surface area contributed by atoms with Crippen molar-refractivity contribution in [3.05, 3.63) is 35.4 Å². The van der Waals surface area contributed by atoms with Gasteiger partial charge in [0.1, 0.15) is 5.78 Å². The Morgan fingerprint density at radius 1 is 1.47 bits per heavy atom. The van der Waals surface area contributed by atoms with Crippen LogP contribution in [0.3, 0.4) is 0 Å². The van der Waals surface area contributed by atoms with Gasteiger partial charge in [-0.15, -0.1) is 0 Å². The van der Waals surface area contributed by atoms with E-state index in [2.05, 4.69) is 43.0 Å². The number of hydrogen-bond donors (Lipinski definition) is 0. The number of nitrogens with zero attached hydrogens (tertiary/aromatic N) is 1. The predicted molar refractivity (Wildman–Crippen MR) is 79.2 cm³/mol. The molecule has 2 unspecified atom stereocenters. The second-order valence-electron chi connectivity index (χ2n) is 6.08. The van der Waals surface area contributed by atoms with Crippen LogP contribution in [0.1, 0.15) is 50.3 Å². The first kappa shape index (κ1) is 14.3. The lowest BCUT2D eigenvalue weighted by molar-refractivity contribution is -0.118. The molecule has 0 bridgehead atoms. The van der Waals surface area contributed by atoms with Crippen molar-refractivity contribution < 1.29 is 4.79 Å². The number of likely N-dealkylation sites (tertiary alicyclic amines) is 1. The Bertz CT molecular complexity index is 441. The highest BCUT2D eigenvalue weighted by atomic mass is 16.1. The molecule has 1 aromatic rings. The molecule has 0 radical (unpaired) electrons. The van der Waals surface area contributed by atoms with E-state index in [0.29, 0.717) is 6.42 Å². The fraction of sp³-hybridized carbons (Fsp3) is 0.588. The SMILES string of the molecule is CC(=O)CC(c1cccc(C)c1)N1CCCC(C)C1. The summed E-state index contributed by atoms with van der Waals surface area (Å²) in [4.78, 5) is 14.1. The number of ketones is 1. The van der Waals surface area contributed by atoms with E-state index in [4.69, 9.17) is 0 Å². The molecule has 0 N–H and O–H groups in total. The highest BCUT2D eigenvalue weighted by molar-refractivity contribution is 5.76. The zero-order chi connectivity index (χ0) is 13.8. The number of piperidine rings is 1. The average Bonchev–Trinajstić information content (AvgIpc) is 2.35. The molecule has 0 saturated carbocycles. The number of aryl methyl sites for hydroxylation is 1. The van der Waals surface area contributed by atoms with Crippen LogP contribution >= 0.6 is 0 Å². The summed E-state index contributed by atoms with van der Waals surface area (Å²) >= 11 is 0. The van der Waals surface area contributed by atoms with Gasteiger partial charge in [-0.2, -0.15) is 0 Å². The van der Waals surface area contributed by atoms with Crippen molar-refractivity contribution in [2.45, 2.75) is 46.1 Å². The number of hydrogen-bond acceptors (Lipinski definition) is 2. The van der Waals surface area contributed by atoms with Gasteiger partial charge in [-0.3, -0.25) is 9.69 Å². The number of Topliss-reactive ketones (excluding diaryl/α,β-unsaturated/α-hetero) is 1. The molecule has 1 saturated heterocycles. The summed E-state index contributed by atoms with van der Waals surface area (Å²) < 4.78 is 0. The van der Waals surface area contributed by atoms with Gasteiger partial charge < -0.3 is 0 Å². The summed E-state index contributed by atoms with van der Waals surface area (Å²) in [7, 11) is 0. The van der Waals surface area contributed by atoms with E-state index in [9.17, 15) is 4.79 Å². The molecule has 2 nitrogen and oxygen atoms in total. The summed E-state index contributed by atoms with van der Waals surface area (Å²) in [6, 6.07) is 8.88. The van der Waals surface area contributed by atoms with Crippen LogP contribution in [0.15, 0.2) is 24.3 Å². The van der Waals surface area contributed by atoms with Crippen LogP contribution in [0.2, 0.25) is 0 Å². The van der Waals surface area contributed by atoms with E-state index in [-0.39, 0.29) is 11.8 Å². The van der Waals surface area contributed by atoms with Gasteiger partial charge in [-0.05, 0) is 44.7 Å². The van der Waals surface area contributed by atoms with E-state index in [1.165, 1.54) is 24.0 Å². The molecule has 2 rings (SSSR count). The quantitative estimate of drug-likeness (QED) is 0.821. The Morgan fingerprint density at radius 2 is 2.26 bits per heavy atom. The van der Waals surface area contributed by atoms with Crippen LogP contribution in [0, 0.1) is 12.8 Å². The Morgan fingerprint density at radius 3 is 2.89 bits per heavy atom. The lowest BCUT2D eigenvalue weighted by Gasteiger charge is -2.37. The first-order valence-electron chi connectivity index (χ1n) is 7.36. The summed E-state index contributed by atoms with van der Waals surface area (Å²) in [6.45, 7) is 8.37. The molecule has 1 heterocycles. The zero-order valence-corrected chi connectivity index (χ0v) is 12.4. The third-order valence-corrected chi connectivity index (χ3v) is 4.04. The number of carbonyl (C=O) groups is 1. The minimum absolute atomic E-state index is 0.264. The lowest BCUT2D eigenvalue weighted by atomic mass is 9.93. The minimum Gasteiger partial charge on any atom is -0.300 e. The molecule has 0 spiro atoms. The van der Waals surface area contributed by atoms with Crippen molar-refractivity contribution in [1.29, 1.82) is 0 Å². The molecule has 0 aliphatic carbocycles. The van der Waals surface area contributed by atoms with E-state index in [1.54, 1.807) is 6.92 Å². The maximum absolute atomic E-state index is 11.6. The predicted octanol–water partition coefficient (Wildman–Crippen LogP) is 3.75. The number of rotatable bonds is 4. The fourth-order valence-corrected chi connectivity index (χ4v) is 3.12. The first-order chi connectivity index (χ1) is 9.06. The highest BCUT2D eigenvalue weighted by Crippen LogP contribution is 2.30. The average molecular weight is 259 g/mol. The molecule has 0 aromatic heterocycles. The van der Waals surface area contributed by atoms with E-state index >= 15 is 0 Å². The smallest absolute Gasteiger partial charge is 0.131 e. The van der Waals surface area contributed by atoms with Crippen molar-refractivity contribution in [2.24, 2.45) is 5.92 Å². The number of carbonyl (C=O) groups excluding carboxylic acids is 1. The Kier molecular flexibility index (Phi) is 4.76. The first-order valence-corrected chi connectivity index (χ1v) is 7.36. The van der Waals surface area contributed by atoms with E-state index in [1.807, 2.05) is 0 Å². The fourth-order valence-electron chi connectivity index (χ4n) is 3.12. The topological polar surface area (TPSA) is 20.3 Å². The molecule has 1 aliphatic rings. The van der Waals surface area contributed by atoms with Gasteiger partial charge in [0, 0.05) is 19.0 Å². The van der Waals surface area contributed by atoms with Crippen molar-refractivity contribution in [3.8, 4) is 0 Å². The highest BCUT2D eigenvalue weighted by Gasteiger charge is 2.26. The third kappa shape index (κ3) is 3.90. The summed E-state index contributed by atoms with van der Waals surface area (Å²) in [5.74, 6) is 1.03. The molecule has 104 valence electrons. The molecule has 19 heavy (non-hydrogen) atoms. The van der Waals surface area contributed by atoms with Gasteiger partial charge in [-0.1, -0.05) is 36.8 Å². The van der Waals surface area contributed by atoms with Gasteiger partial charge in [0.2, 0.25) is 0 Å². The summed E-state index contributed by atoms with van der Waals surface area (Å²) in [6.07, 6.45) is 3.20. The second-order valence-corrected chi connectivity index (χ2v) is 6.08. The molecule has 2 heteroatoms. The normalized spacial score (nSPS) is 22.2. The van der Waals surface area contributed by atoms with Crippen molar-refractivity contribution >= 4 is 5.78 Å². The Labute approximate surface area is 116 Å². The molecular formula is C17H25NO. The monoisotopic (exact) mass is 259 g/mol. The zero-order valence-electron chi connectivity index (χ0n) is 12.4. The van der Waals surface area contributed by atoms with Crippen molar-refractivity contribution in [3.63, 3.8) is 0 Å². The molecular weight excluding hydrogens is 234 g/mol. The van der Waals surface area contributed by atoms with Gasteiger partial charge in [-0.25, -0.2) is 0 Å². The summed E-state index contributed by atoms with van der Waals surface area (Å²) in [5, 5.41) is 0.